The Morgan fingerprint density at radius 2 is 1.94 bits per heavy atom. The van der Waals surface area contributed by atoms with Crippen LogP contribution in [0.1, 0.15) is 44.3 Å². The van der Waals surface area contributed by atoms with Crippen molar-refractivity contribution in [1.29, 1.82) is 0 Å². The first-order chi connectivity index (χ1) is 16.0. The van der Waals surface area contributed by atoms with Crippen LogP contribution in [0.5, 0.6) is 6.01 Å². The summed E-state index contributed by atoms with van der Waals surface area (Å²) in [4.78, 5) is 25.4. The van der Waals surface area contributed by atoms with Gasteiger partial charge in [-0.3, -0.25) is 4.98 Å². The van der Waals surface area contributed by atoms with Gasteiger partial charge in [-0.2, -0.15) is 4.98 Å². The molecule has 1 spiro atoms. The van der Waals surface area contributed by atoms with E-state index < -0.39 is 0 Å². The Balaban J connectivity index is 1.21. The smallest absolute Gasteiger partial charge is 0.317 e. The van der Waals surface area contributed by atoms with E-state index in [2.05, 4.69) is 42.1 Å². The van der Waals surface area contributed by atoms with Gasteiger partial charge in [0.2, 0.25) is 0 Å². The largest absolute Gasteiger partial charge is 0.460 e. The fourth-order valence-electron chi connectivity index (χ4n) is 4.13. The predicted molar refractivity (Wildman–Crippen MR) is 127 cm³/mol. The van der Waals surface area contributed by atoms with Crippen molar-refractivity contribution in [3.63, 3.8) is 0 Å². The van der Waals surface area contributed by atoms with Crippen LogP contribution in [0.25, 0.3) is 10.6 Å². The number of hydrogen-bond donors (Lipinski definition) is 1. The number of hydrogen-bond acceptors (Lipinski definition) is 10. The fourth-order valence-corrected chi connectivity index (χ4v) is 4.92. The SMILES string of the molecule is CC(c1cnc(Nc2ncc(-c3ccnc(OC4CCC5(CC4)COC5)n3)s2)cn1)N(C)C. The molecule has 1 unspecified atom stereocenters. The third kappa shape index (κ3) is 4.97. The quantitative estimate of drug-likeness (QED) is 0.551. The highest BCUT2D eigenvalue weighted by molar-refractivity contribution is 7.18. The molecule has 1 atom stereocenters. The van der Waals surface area contributed by atoms with Crippen molar-refractivity contribution in [2.24, 2.45) is 5.41 Å². The molecule has 2 fully saturated rings. The summed E-state index contributed by atoms with van der Waals surface area (Å²) >= 11 is 1.50. The van der Waals surface area contributed by atoms with Gasteiger partial charge < -0.3 is 19.7 Å². The molecule has 3 aromatic heterocycles. The molecule has 0 amide bonds. The minimum atomic E-state index is 0.168. The van der Waals surface area contributed by atoms with Crippen molar-refractivity contribution < 1.29 is 9.47 Å². The summed E-state index contributed by atoms with van der Waals surface area (Å²) in [5.74, 6) is 0.657. The number of thiazole rings is 1. The van der Waals surface area contributed by atoms with Gasteiger partial charge in [0.15, 0.2) is 10.9 Å². The molecule has 10 heteroatoms. The molecule has 1 saturated heterocycles. The van der Waals surface area contributed by atoms with Crippen molar-refractivity contribution in [3.8, 4) is 16.6 Å². The van der Waals surface area contributed by atoms with Gasteiger partial charge in [0.1, 0.15) is 6.10 Å². The molecule has 1 aliphatic heterocycles. The van der Waals surface area contributed by atoms with E-state index in [0.717, 1.165) is 60.3 Å². The van der Waals surface area contributed by atoms with E-state index in [4.69, 9.17) is 9.47 Å². The summed E-state index contributed by atoms with van der Waals surface area (Å²) in [6.45, 7) is 3.90. The molecular formula is C23H29N7O2S. The van der Waals surface area contributed by atoms with Crippen LogP contribution in [0.15, 0.2) is 30.9 Å². The van der Waals surface area contributed by atoms with Crippen molar-refractivity contribution >= 4 is 22.3 Å². The van der Waals surface area contributed by atoms with Crippen LogP contribution in [0.4, 0.5) is 10.9 Å². The highest BCUT2D eigenvalue weighted by atomic mass is 32.1. The normalized spacial score (nSPS) is 18.8. The molecular weight excluding hydrogens is 438 g/mol. The van der Waals surface area contributed by atoms with Crippen LogP contribution >= 0.6 is 11.3 Å². The zero-order chi connectivity index (χ0) is 22.8. The third-order valence-electron chi connectivity index (χ3n) is 6.58. The first kappa shape index (κ1) is 22.1. The van der Waals surface area contributed by atoms with E-state index in [1.807, 2.05) is 20.2 Å². The molecule has 3 aromatic rings. The van der Waals surface area contributed by atoms with Crippen LogP contribution < -0.4 is 10.1 Å². The highest BCUT2D eigenvalue weighted by Crippen LogP contribution is 2.43. The van der Waals surface area contributed by atoms with E-state index >= 15 is 0 Å². The Kier molecular flexibility index (Phi) is 6.22. The van der Waals surface area contributed by atoms with Gasteiger partial charge in [0.25, 0.3) is 0 Å². The molecule has 0 aromatic carbocycles. The van der Waals surface area contributed by atoms with E-state index in [-0.39, 0.29) is 12.1 Å². The first-order valence-corrected chi connectivity index (χ1v) is 12.1. The van der Waals surface area contributed by atoms with Gasteiger partial charge in [-0.15, -0.1) is 0 Å². The summed E-state index contributed by atoms with van der Waals surface area (Å²) in [6, 6.07) is 2.51. The van der Waals surface area contributed by atoms with E-state index in [9.17, 15) is 0 Å². The van der Waals surface area contributed by atoms with Gasteiger partial charge in [0, 0.05) is 17.8 Å². The predicted octanol–water partition coefficient (Wildman–Crippen LogP) is 4.09. The van der Waals surface area contributed by atoms with Crippen molar-refractivity contribution in [2.75, 3.05) is 32.6 Å². The average Bonchev–Trinajstić information content (AvgIpc) is 3.27. The Bertz CT molecular complexity index is 1070. The highest BCUT2D eigenvalue weighted by Gasteiger charge is 2.42. The maximum atomic E-state index is 6.11. The average molecular weight is 468 g/mol. The van der Waals surface area contributed by atoms with Gasteiger partial charge in [-0.1, -0.05) is 11.3 Å². The molecule has 9 nitrogen and oxygen atoms in total. The summed E-state index contributed by atoms with van der Waals surface area (Å²) in [5.41, 5.74) is 2.13. The molecule has 33 heavy (non-hydrogen) atoms. The minimum absolute atomic E-state index is 0.168. The zero-order valence-electron chi connectivity index (χ0n) is 19.2. The molecule has 174 valence electrons. The summed E-state index contributed by atoms with van der Waals surface area (Å²) in [7, 11) is 4.04. The number of nitrogens with one attached hydrogen (secondary N) is 1. The zero-order valence-corrected chi connectivity index (χ0v) is 20.0. The lowest BCUT2D eigenvalue weighted by molar-refractivity contribution is -0.140. The molecule has 0 bridgehead atoms. The van der Waals surface area contributed by atoms with E-state index in [1.165, 1.54) is 11.3 Å². The Hall–Kier alpha value is -2.69. The third-order valence-corrected chi connectivity index (χ3v) is 7.52. The van der Waals surface area contributed by atoms with Crippen LogP contribution in [0, 0.1) is 5.41 Å². The lowest BCUT2D eigenvalue weighted by Gasteiger charge is -2.45. The van der Waals surface area contributed by atoms with Crippen molar-refractivity contribution in [2.45, 2.75) is 44.8 Å². The van der Waals surface area contributed by atoms with Crippen molar-refractivity contribution in [3.05, 3.63) is 36.5 Å². The fraction of sp³-hybridized carbons (Fsp3) is 0.522. The molecule has 4 heterocycles. The lowest BCUT2D eigenvalue weighted by atomic mass is 9.72. The Morgan fingerprint density at radius 1 is 1.12 bits per heavy atom. The van der Waals surface area contributed by atoms with Crippen LogP contribution in [0.2, 0.25) is 0 Å². The lowest BCUT2D eigenvalue weighted by Crippen LogP contribution is -2.46. The molecule has 1 saturated carbocycles. The number of nitrogens with zero attached hydrogens (tertiary/aromatic N) is 6. The number of ether oxygens (including phenoxy) is 2. The standard InChI is InChI=1S/C23H29N7O2S/c1-15(30(2)3)18-10-26-20(12-25-18)29-22-27-11-19(33-22)17-6-9-24-21(28-17)32-16-4-7-23(8-5-16)13-31-14-23/h6,9-12,15-16H,4-5,7-8,13-14H2,1-3H3,(H,26,27,29). The second-order valence-corrected chi connectivity index (χ2v) is 10.2. The number of rotatable bonds is 7. The second-order valence-electron chi connectivity index (χ2n) is 9.16. The summed E-state index contributed by atoms with van der Waals surface area (Å²) in [5, 5.41) is 3.95. The molecule has 5 rings (SSSR count). The second kappa shape index (κ2) is 9.28. The monoisotopic (exact) mass is 467 g/mol. The van der Waals surface area contributed by atoms with Gasteiger partial charge in [0.05, 0.1) is 47.9 Å². The van der Waals surface area contributed by atoms with Crippen molar-refractivity contribution in [1.82, 2.24) is 29.8 Å². The maximum Gasteiger partial charge on any atom is 0.317 e. The van der Waals surface area contributed by atoms with Crippen LogP contribution in [-0.2, 0) is 4.74 Å². The van der Waals surface area contributed by atoms with E-state index in [0.29, 0.717) is 17.2 Å². The molecule has 1 aliphatic carbocycles. The summed E-state index contributed by atoms with van der Waals surface area (Å²) < 4.78 is 11.5. The Labute approximate surface area is 197 Å². The minimum Gasteiger partial charge on any atom is -0.460 e. The first-order valence-electron chi connectivity index (χ1n) is 11.3. The maximum absolute atomic E-state index is 6.11. The van der Waals surface area contributed by atoms with Crippen LogP contribution in [-0.4, -0.2) is 63.2 Å². The molecule has 2 aliphatic rings. The van der Waals surface area contributed by atoms with Gasteiger partial charge in [-0.05, 0) is 52.8 Å². The van der Waals surface area contributed by atoms with Crippen LogP contribution in [0.3, 0.4) is 0 Å². The Morgan fingerprint density at radius 3 is 2.61 bits per heavy atom. The topological polar surface area (TPSA) is 98.2 Å². The molecule has 0 radical (unpaired) electrons. The number of aromatic nitrogens is 5. The van der Waals surface area contributed by atoms with Gasteiger partial charge >= 0.3 is 6.01 Å². The number of anilines is 2. The van der Waals surface area contributed by atoms with Gasteiger partial charge in [-0.25, -0.2) is 15.0 Å². The molecule has 1 N–H and O–H groups in total. The van der Waals surface area contributed by atoms with E-state index in [1.54, 1.807) is 24.8 Å². The summed E-state index contributed by atoms with van der Waals surface area (Å²) in [6.07, 6.45) is 11.6.